The fourth-order valence-corrected chi connectivity index (χ4v) is 2.54. The Balaban J connectivity index is 1.95. The Morgan fingerprint density at radius 3 is 2.94 bits per heavy atom. The number of aromatic nitrogens is 1. The van der Waals surface area contributed by atoms with Crippen LogP contribution in [0, 0.1) is 6.92 Å². The lowest BCUT2D eigenvalue weighted by atomic mass is 10.1. The SMILES string of the molecule is Cc1csc(CN[C@@H](C)c2cccc(Cl)c2)n1. The molecule has 0 aliphatic heterocycles. The monoisotopic (exact) mass is 266 g/mol. The molecular weight excluding hydrogens is 252 g/mol. The topological polar surface area (TPSA) is 24.9 Å². The molecule has 0 bridgehead atoms. The van der Waals surface area contributed by atoms with Gasteiger partial charge in [-0.1, -0.05) is 23.7 Å². The van der Waals surface area contributed by atoms with Gasteiger partial charge in [-0.15, -0.1) is 11.3 Å². The maximum atomic E-state index is 5.97. The summed E-state index contributed by atoms with van der Waals surface area (Å²) in [5.41, 5.74) is 2.29. The highest BCUT2D eigenvalue weighted by atomic mass is 35.5. The van der Waals surface area contributed by atoms with E-state index in [1.54, 1.807) is 11.3 Å². The molecule has 0 unspecified atom stereocenters. The number of benzene rings is 1. The standard InChI is InChI=1S/C13H15ClN2S/c1-9-8-17-13(16-9)7-15-10(2)11-4-3-5-12(14)6-11/h3-6,8,10,15H,7H2,1-2H3/t10-/m0/s1. The summed E-state index contributed by atoms with van der Waals surface area (Å²) < 4.78 is 0. The summed E-state index contributed by atoms with van der Waals surface area (Å²) in [7, 11) is 0. The molecule has 1 heterocycles. The average Bonchev–Trinajstić information content (AvgIpc) is 2.72. The van der Waals surface area contributed by atoms with E-state index in [0.29, 0.717) is 0 Å². The van der Waals surface area contributed by atoms with Crippen molar-refractivity contribution in [1.29, 1.82) is 0 Å². The van der Waals surface area contributed by atoms with Crippen molar-refractivity contribution in [1.82, 2.24) is 10.3 Å². The lowest BCUT2D eigenvalue weighted by Gasteiger charge is -2.13. The summed E-state index contributed by atoms with van der Waals surface area (Å²) in [5.74, 6) is 0. The zero-order valence-electron chi connectivity index (χ0n) is 9.90. The van der Waals surface area contributed by atoms with E-state index in [-0.39, 0.29) is 6.04 Å². The molecule has 0 saturated carbocycles. The molecule has 2 rings (SSSR count). The predicted molar refractivity (Wildman–Crippen MR) is 73.6 cm³/mol. The zero-order valence-corrected chi connectivity index (χ0v) is 11.5. The smallest absolute Gasteiger partial charge is 0.107 e. The summed E-state index contributed by atoms with van der Waals surface area (Å²) >= 11 is 7.66. The van der Waals surface area contributed by atoms with Crippen molar-refractivity contribution in [3.63, 3.8) is 0 Å². The second-order valence-corrected chi connectivity index (χ2v) is 5.42. The maximum absolute atomic E-state index is 5.97. The number of halogens is 1. The molecule has 2 aromatic rings. The van der Waals surface area contributed by atoms with Gasteiger partial charge in [-0.3, -0.25) is 0 Å². The van der Waals surface area contributed by atoms with Gasteiger partial charge in [0.1, 0.15) is 5.01 Å². The molecule has 2 nitrogen and oxygen atoms in total. The lowest BCUT2D eigenvalue weighted by molar-refractivity contribution is 0.573. The summed E-state index contributed by atoms with van der Waals surface area (Å²) in [5, 5.41) is 7.42. The number of aryl methyl sites for hydroxylation is 1. The molecule has 0 amide bonds. The second kappa shape index (κ2) is 5.63. The molecule has 0 fully saturated rings. The van der Waals surface area contributed by atoms with Crippen LogP contribution >= 0.6 is 22.9 Å². The minimum absolute atomic E-state index is 0.276. The quantitative estimate of drug-likeness (QED) is 0.906. The number of nitrogens with zero attached hydrogens (tertiary/aromatic N) is 1. The third kappa shape index (κ3) is 3.53. The number of nitrogens with one attached hydrogen (secondary N) is 1. The van der Waals surface area contributed by atoms with Crippen LogP contribution in [0.1, 0.15) is 29.2 Å². The fraction of sp³-hybridized carbons (Fsp3) is 0.308. The molecule has 0 saturated heterocycles. The van der Waals surface area contributed by atoms with Crippen LogP contribution in [0.5, 0.6) is 0 Å². The van der Waals surface area contributed by atoms with Gasteiger partial charge in [0, 0.05) is 28.7 Å². The predicted octanol–water partition coefficient (Wildman–Crippen LogP) is 3.96. The van der Waals surface area contributed by atoms with Gasteiger partial charge in [-0.25, -0.2) is 4.98 Å². The van der Waals surface area contributed by atoms with Crippen molar-refractivity contribution < 1.29 is 0 Å². The van der Waals surface area contributed by atoms with Gasteiger partial charge in [0.05, 0.1) is 0 Å². The van der Waals surface area contributed by atoms with E-state index in [2.05, 4.69) is 28.7 Å². The molecule has 4 heteroatoms. The van der Waals surface area contributed by atoms with Gasteiger partial charge < -0.3 is 5.32 Å². The van der Waals surface area contributed by atoms with Crippen LogP contribution in [-0.4, -0.2) is 4.98 Å². The number of rotatable bonds is 4. The van der Waals surface area contributed by atoms with Gasteiger partial charge in [0.25, 0.3) is 0 Å². The lowest BCUT2D eigenvalue weighted by Crippen LogP contribution is -2.17. The van der Waals surface area contributed by atoms with Crippen LogP contribution in [0.3, 0.4) is 0 Å². The molecule has 1 N–H and O–H groups in total. The third-order valence-corrected chi connectivity index (χ3v) is 3.78. The molecule has 17 heavy (non-hydrogen) atoms. The molecule has 0 aliphatic rings. The first-order valence-electron chi connectivity index (χ1n) is 5.55. The highest BCUT2D eigenvalue weighted by molar-refractivity contribution is 7.09. The summed E-state index contributed by atoms with van der Waals surface area (Å²) in [6, 6.07) is 8.21. The van der Waals surface area contributed by atoms with Gasteiger partial charge in [0.2, 0.25) is 0 Å². The Morgan fingerprint density at radius 1 is 1.47 bits per heavy atom. The van der Waals surface area contributed by atoms with E-state index in [4.69, 9.17) is 11.6 Å². The molecule has 1 atom stereocenters. The Kier molecular flexibility index (Phi) is 4.15. The molecule has 1 aromatic heterocycles. The molecule has 90 valence electrons. The zero-order chi connectivity index (χ0) is 12.3. The summed E-state index contributed by atoms with van der Waals surface area (Å²) in [6.07, 6.45) is 0. The van der Waals surface area contributed by atoms with Crippen molar-refractivity contribution in [2.75, 3.05) is 0 Å². The molecule has 0 aliphatic carbocycles. The minimum atomic E-state index is 0.276. The normalized spacial score (nSPS) is 12.6. The number of hydrogen-bond donors (Lipinski definition) is 1. The van der Waals surface area contributed by atoms with Crippen LogP contribution in [0.2, 0.25) is 5.02 Å². The molecule has 0 radical (unpaired) electrons. The molecule has 1 aromatic carbocycles. The highest BCUT2D eigenvalue weighted by Gasteiger charge is 2.06. The Morgan fingerprint density at radius 2 is 2.29 bits per heavy atom. The van der Waals surface area contributed by atoms with Crippen molar-refractivity contribution in [2.45, 2.75) is 26.4 Å². The highest BCUT2D eigenvalue weighted by Crippen LogP contribution is 2.18. The van der Waals surface area contributed by atoms with E-state index in [1.165, 1.54) is 5.56 Å². The first-order chi connectivity index (χ1) is 8.15. The van der Waals surface area contributed by atoms with Gasteiger partial charge in [0.15, 0.2) is 0 Å². The van der Waals surface area contributed by atoms with E-state index in [0.717, 1.165) is 22.3 Å². The number of thiazole rings is 1. The van der Waals surface area contributed by atoms with Crippen LogP contribution in [0.4, 0.5) is 0 Å². The Bertz CT molecular complexity index is 496. The first kappa shape index (κ1) is 12.6. The summed E-state index contributed by atoms with van der Waals surface area (Å²) in [6.45, 7) is 4.94. The number of hydrogen-bond acceptors (Lipinski definition) is 3. The van der Waals surface area contributed by atoms with Crippen molar-refractivity contribution >= 4 is 22.9 Å². The van der Waals surface area contributed by atoms with Gasteiger partial charge in [-0.2, -0.15) is 0 Å². The first-order valence-corrected chi connectivity index (χ1v) is 6.81. The van der Waals surface area contributed by atoms with Crippen LogP contribution < -0.4 is 5.32 Å². The second-order valence-electron chi connectivity index (χ2n) is 4.04. The van der Waals surface area contributed by atoms with E-state index < -0.39 is 0 Å². The van der Waals surface area contributed by atoms with Crippen LogP contribution in [0.15, 0.2) is 29.6 Å². The van der Waals surface area contributed by atoms with Crippen LogP contribution in [-0.2, 0) is 6.54 Å². The molecule has 0 spiro atoms. The Hall–Kier alpha value is -0.900. The third-order valence-electron chi connectivity index (χ3n) is 2.57. The van der Waals surface area contributed by atoms with Crippen molar-refractivity contribution in [3.05, 3.63) is 50.9 Å². The van der Waals surface area contributed by atoms with E-state index in [9.17, 15) is 0 Å². The van der Waals surface area contributed by atoms with Crippen molar-refractivity contribution in [2.24, 2.45) is 0 Å². The largest absolute Gasteiger partial charge is 0.304 e. The maximum Gasteiger partial charge on any atom is 0.107 e. The van der Waals surface area contributed by atoms with Crippen molar-refractivity contribution in [3.8, 4) is 0 Å². The van der Waals surface area contributed by atoms with E-state index in [1.807, 2.05) is 25.1 Å². The van der Waals surface area contributed by atoms with E-state index >= 15 is 0 Å². The molecular formula is C13H15ClN2S. The summed E-state index contributed by atoms with van der Waals surface area (Å²) in [4.78, 5) is 4.42. The fourth-order valence-electron chi connectivity index (χ4n) is 1.62. The van der Waals surface area contributed by atoms with Crippen LogP contribution in [0.25, 0.3) is 0 Å². The average molecular weight is 267 g/mol. The van der Waals surface area contributed by atoms with Gasteiger partial charge >= 0.3 is 0 Å². The minimum Gasteiger partial charge on any atom is -0.304 e. The van der Waals surface area contributed by atoms with Gasteiger partial charge in [-0.05, 0) is 31.5 Å². The Labute approximate surface area is 111 Å².